The summed E-state index contributed by atoms with van der Waals surface area (Å²) in [6, 6.07) is -15.2. The van der Waals surface area contributed by atoms with Crippen molar-refractivity contribution in [3.63, 3.8) is 0 Å². The summed E-state index contributed by atoms with van der Waals surface area (Å²) < 4.78 is 10.6. The largest absolute Gasteiger partial charge is 0.481 e. The van der Waals surface area contributed by atoms with Crippen LogP contribution in [-0.4, -0.2) is 249 Å². The fraction of sp³-hybridized carbons (Fsp3) is 0.594. The molecule has 0 spiro atoms. The number of aromatic amines is 1. The van der Waals surface area contributed by atoms with Crippen LogP contribution in [0.4, 0.5) is 0 Å². The smallest absolute Gasteiger partial charge is 0.335 e. The summed E-state index contributed by atoms with van der Waals surface area (Å²) in [5, 5.41) is 68.8. The number of esters is 1. The third-order valence-corrected chi connectivity index (χ3v) is 17.4. The number of cyclic esters (lactones) is 1. The van der Waals surface area contributed by atoms with Crippen LogP contribution in [0.3, 0.4) is 0 Å². The Hall–Kier alpha value is -11.9. The van der Waals surface area contributed by atoms with Crippen molar-refractivity contribution in [3.8, 4) is 0 Å². The number of carboxylic acid groups (broad SMARTS) is 4. The molecule has 1 fully saturated rings. The molecule has 1 aromatic heterocycles. The minimum absolute atomic E-state index is 0.00398. The summed E-state index contributed by atoms with van der Waals surface area (Å²) in [4.78, 5) is 274. The van der Waals surface area contributed by atoms with Crippen LogP contribution in [-0.2, 0) is 112 Å². The van der Waals surface area contributed by atoms with Gasteiger partial charge in [0.25, 0.3) is 0 Å². The van der Waals surface area contributed by atoms with Crippen molar-refractivity contribution in [1.82, 2.24) is 74.1 Å². The number of hydrogen-bond donors (Lipinski definition) is 21. The molecule has 112 heavy (non-hydrogen) atoms. The van der Waals surface area contributed by atoms with Crippen LogP contribution in [0.15, 0.2) is 30.5 Å². The first-order chi connectivity index (χ1) is 52.7. The molecular formula is C69H103N17O26. The van der Waals surface area contributed by atoms with E-state index in [9.17, 15) is 116 Å². The molecule has 0 saturated carbocycles. The van der Waals surface area contributed by atoms with Crippen LogP contribution in [0.25, 0.3) is 10.9 Å². The fourth-order valence-corrected chi connectivity index (χ4v) is 11.4. The minimum Gasteiger partial charge on any atom is -0.481 e. The van der Waals surface area contributed by atoms with E-state index < -0.39 is 254 Å². The van der Waals surface area contributed by atoms with Crippen LogP contribution in [0.1, 0.15) is 143 Å². The SMILES string of the molecule is CCCCCCCCCC(=O)NC(Cc1c[nH]c2ccccc12)C(=O)NC(CC(N)=O)C(=O)NC(CC(=O)O)C(=O)NC1C(=O)NCC(=O)NC(CCCN)C(=O)NC(CC(=O)O)C(=O)NC(C)C(=O)NC(C(OC)C(=O)O)C(=O)NCC(=O)NC(CC(N)=O)C(=O)NC(C(C)CC(=O)O)C(=O)NC(C(C)C)C(=O)OC1C. The Morgan fingerprint density at radius 2 is 1.11 bits per heavy atom. The van der Waals surface area contributed by atoms with Gasteiger partial charge in [-0.1, -0.05) is 84.4 Å². The highest BCUT2D eigenvalue weighted by atomic mass is 16.5. The lowest BCUT2D eigenvalue weighted by Crippen LogP contribution is -2.62. The van der Waals surface area contributed by atoms with Crippen molar-refractivity contribution < 1.29 is 126 Å². The fourth-order valence-electron chi connectivity index (χ4n) is 11.4. The van der Waals surface area contributed by atoms with E-state index >= 15 is 0 Å². The maximum Gasteiger partial charge on any atom is 0.335 e. The Bertz CT molecular complexity index is 3740. The van der Waals surface area contributed by atoms with Gasteiger partial charge in [0.15, 0.2) is 6.10 Å². The Labute approximate surface area is 641 Å². The number of carboxylic acids is 4. The van der Waals surface area contributed by atoms with Crippen LogP contribution >= 0.6 is 0 Å². The van der Waals surface area contributed by atoms with Crippen molar-refractivity contribution in [3.05, 3.63) is 36.0 Å². The monoisotopic (exact) mass is 1590 g/mol. The third-order valence-electron chi connectivity index (χ3n) is 17.4. The van der Waals surface area contributed by atoms with Gasteiger partial charge in [0, 0.05) is 37.1 Å². The number of aromatic nitrogens is 1. The number of hydrogen-bond acceptors (Lipinski definition) is 23. The average Bonchev–Trinajstić information content (AvgIpc) is 1.52. The number of carbonyl (C=O) groups excluding carboxylic acids is 16. The number of carbonyl (C=O) groups is 20. The molecule has 1 aliphatic rings. The number of H-pyrrole nitrogens is 1. The highest BCUT2D eigenvalue weighted by Gasteiger charge is 2.42. The molecule has 24 N–H and O–H groups in total. The van der Waals surface area contributed by atoms with E-state index in [1.54, 1.807) is 30.5 Å². The Kier molecular flexibility index (Phi) is 39.7. The van der Waals surface area contributed by atoms with Crippen LogP contribution in [0.2, 0.25) is 0 Å². The second-order valence-corrected chi connectivity index (χ2v) is 27.0. The molecular weight excluding hydrogens is 1480 g/mol. The number of ether oxygens (including phenoxy) is 2. The lowest BCUT2D eigenvalue weighted by atomic mass is 9.95. The zero-order chi connectivity index (χ0) is 84.2. The van der Waals surface area contributed by atoms with E-state index in [4.69, 9.17) is 26.7 Å². The Morgan fingerprint density at radius 1 is 0.562 bits per heavy atom. The average molecular weight is 1590 g/mol. The van der Waals surface area contributed by atoms with E-state index in [2.05, 4.69) is 70.4 Å². The number of nitrogens with one attached hydrogen (secondary N) is 14. The van der Waals surface area contributed by atoms with Crippen LogP contribution < -0.4 is 86.3 Å². The summed E-state index contributed by atoms with van der Waals surface area (Å²) in [5.74, 6) is -30.6. The molecule has 15 amide bonds. The summed E-state index contributed by atoms with van der Waals surface area (Å²) in [7, 11) is 0.795. The predicted molar refractivity (Wildman–Crippen MR) is 388 cm³/mol. The first kappa shape index (κ1) is 94.3. The maximum absolute atomic E-state index is 14.6. The van der Waals surface area contributed by atoms with Crippen molar-refractivity contribution in [2.75, 3.05) is 26.7 Å². The summed E-state index contributed by atoms with van der Waals surface area (Å²) >= 11 is 0. The summed E-state index contributed by atoms with van der Waals surface area (Å²) in [6.45, 7) is 5.18. The topological polar surface area (TPSA) is 691 Å². The van der Waals surface area contributed by atoms with Gasteiger partial charge in [0.05, 0.1) is 45.2 Å². The molecule has 43 nitrogen and oxygen atoms in total. The van der Waals surface area contributed by atoms with Gasteiger partial charge in [-0.3, -0.25) is 86.3 Å². The van der Waals surface area contributed by atoms with Gasteiger partial charge in [-0.05, 0) is 63.1 Å². The number of unbranched alkanes of at least 4 members (excludes halogenated alkanes) is 6. The van der Waals surface area contributed by atoms with E-state index in [-0.39, 0.29) is 32.2 Å². The number of benzene rings is 1. The zero-order valence-corrected chi connectivity index (χ0v) is 63.0. The standard InChI is InChI=1S/C69H103N17O26/c1-8-9-10-11-12-13-14-21-47(89)78-40(24-36-29-73-38-19-16-15-18-37(36)38)61(101)80-42(26-46(72)88)62(102)82-44(28-52(96)97)64(104)85-55-35(6)112-69(110)53(32(2)3)83-67(107)54(33(4)23-50(92)93)84-63(103)41(25-45(71)87)79-49(91)31-75-66(106)56(57(111-7)68(108)109)86-58(98)34(5)76-60(100)43(27-51(94)95)81-59(99)39(20-17-22-70)77-48(90)30-74-65(55)105/h15-16,18-19,29,32-35,39-44,53-57,73H,8-14,17,20-28,30-31,70H2,1-7H3,(H2,71,87)(H2,72,88)(H,74,105)(H,75,106)(H,76,100)(H,77,90)(H,78,89)(H,79,91)(H,80,101)(H,81,99)(H,82,102)(H,83,107)(H,84,103)(H,85,104)(H,86,98)(H,92,93)(H,94,95)(H,96,97)(H,108,109). The first-order valence-electron chi connectivity index (χ1n) is 36.0. The van der Waals surface area contributed by atoms with E-state index in [1.165, 1.54) is 13.8 Å². The van der Waals surface area contributed by atoms with Gasteiger partial charge in [-0.15, -0.1) is 0 Å². The molecule has 0 bridgehead atoms. The molecule has 14 unspecified atom stereocenters. The number of fused-ring (bicyclic) bond motifs is 1. The molecule has 0 aliphatic carbocycles. The first-order valence-corrected chi connectivity index (χ1v) is 36.0. The van der Waals surface area contributed by atoms with Crippen molar-refractivity contribution in [1.29, 1.82) is 0 Å². The number of rotatable bonds is 35. The molecule has 14 atom stereocenters. The van der Waals surface area contributed by atoms with Crippen molar-refractivity contribution >= 4 is 129 Å². The minimum atomic E-state index is -2.34. The number of nitrogens with two attached hydrogens (primary N) is 3. The third kappa shape index (κ3) is 32.3. The molecule has 1 aromatic carbocycles. The maximum atomic E-state index is 14.6. The summed E-state index contributed by atoms with van der Waals surface area (Å²) in [5.41, 5.74) is 17.9. The second kappa shape index (κ2) is 47.2. The van der Waals surface area contributed by atoms with Gasteiger partial charge in [-0.25, -0.2) is 9.59 Å². The van der Waals surface area contributed by atoms with Crippen LogP contribution in [0, 0.1) is 11.8 Å². The van der Waals surface area contributed by atoms with Gasteiger partial charge in [-0.2, -0.15) is 0 Å². The predicted octanol–water partition coefficient (Wildman–Crippen LogP) is -6.31. The van der Waals surface area contributed by atoms with Gasteiger partial charge in [0.1, 0.15) is 72.6 Å². The molecule has 0 radical (unpaired) electrons. The molecule has 1 aliphatic heterocycles. The number of para-hydroxylation sites is 1. The summed E-state index contributed by atoms with van der Waals surface area (Å²) in [6.07, 6.45) is -2.91. The van der Waals surface area contributed by atoms with E-state index in [0.29, 0.717) is 29.3 Å². The number of amides is 15. The quantitative estimate of drug-likeness (QED) is 0.0225. The highest BCUT2D eigenvalue weighted by Crippen LogP contribution is 2.21. The number of primary amides is 2. The Balaban J connectivity index is 2.23. The molecule has 3 rings (SSSR count). The number of methoxy groups -OCH3 is 1. The Morgan fingerprint density at radius 3 is 1.68 bits per heavy atom. The normalized spacial score (nSPS) is 21.8. The number of aliphatic carboxylic acids is 4. The molecule has 2 heterocycles. The molecule has 1 saturated heterocycles. The highest BCUT2D eigenvalue weighted by molar-refractivity contribution is 6.02. The molecule has 620 valence electrons. The second-order valence-electron chi connectivity index (χ2n) is 27.0. The van der Waals surface area contributed by atoms with Gasteiger partial charge in [0.2, 0.25) is 88.6 Å². The zero-order valence-electron chi connectivity index (χ0n) is 63.0. The van der Waals surface area contributed by atoms with E-state index in [1.807, 2.05) is 10.6 Å². The lowest BCUT2D eigenvalue weighted by Gasteiger charge is -2.31. The van der Waals surface area contributed by atoms with Crippen molar-refractivity contribution in [2.24, 2.45) is 29.0 Å². The van der Waals surface area contributed by atoms with Crippen LogP contribution in [0.5, 0.6) is 0 Å². The molecule has 2 aromatic rings. The van der Waals surface area contributed by atoms with E-state index in [0.717, 1.165) is 60.0 Å². The lowest BCUT2D eigenvalue weighted by molar-refractivity contribution is -0.157. The van der Waals surface area contributed by atoms with Gasteiger partial charge >= 0.3 is 29.8 Å². The van der Waals surface area contributed by atoms with Gasteiger partial charge < -0.3 is 121 Å². The molecule has 43 heteroatoms. The van der Waals surface area contributed by atoms with Crippen molar-refractivity contribution in [2.45, 2.75) is 223 Å².